The van der Waals surface area contributed by atoms with E-state index in [1.54, 1.807) is 0 Å². The number of rotatable bonds is 3. The first kappa shape index (κ1) is 14.2. The van der Waals surface area contributed by atoms with Crippen LogP contribution in [0.2, 0.25) is 5.02 Å². The van der Waals surface area contributed by atoms with Gasteiger partial charge in [0, 0.05) is 6.20 Å². The molecular formula is C13H8ClF2NO3. The van der Waals surface area contributed by atoms with Crippen LogP contribution in [-0.4, -0.2) is 16.1 Å². The SMILES string of the molecule is O=C(O)c1ccc(-c2c[nH]c(=O)c(C(F)F)c2)cc1Cl. The summed E-state index contributed by atoms with van der Waals surface area (Å²) >= 11 is 5.81. The molecule has 2 N–H and O–H groups in total. The van der Waals surface area contributed by atoms with Crippen molar-refractivity contribution in [3.05, 3.63) is 57.0 Å². The smallest absolute Gasteiger partial charge is 0.337 e. The van der Waals surface area contributed by atoms with Crippen molar-refractivity contribution in [1.29, 1.82) is 0 Å². The summed E-state index contributed by atoms with van der Waals surface area (Å²) in [6, 6.07) is 5.09. The number of alkyl halides is 2. The number of benzene rings is 1. The van der Waals surface area contributed by atoms with E-state index in [2.05, 4.69) is 4.98 Å². The quantitative estimate of drug-likeness (QED) is 0.913. The Morgan fingerprint density at radius 2 is 1.95 bits per heavy atom. The summed E-state index contributed by atoms with van der Waals surface area (Å²) in [4.78, 5) is 24.3. The Kier molecular flexibility index (Phi) is 3.85. The molecule has 0 saturated carbocycles. The predicted molar refractivity (Wildman–Crippen MR) is 69.4 cm³/mol. The molecule has 0 saturated heterocycles. The van der Waals surface area contributed by atoms with Crippen LogP contribution in [0, 0.1) is 0 Å². The standard InChI is InChI=1S/C13H8ClF2NO3/c14-10-4-6(1-2-8(10)13(19)20)7-3-9(11(15)16)12(18)17-5-7/h1-5,11H,(H,17,18)(H,19,20). The molecule has 0 atom stereocenters. The number of aromatic carboxylic acids is 1. The summed E-state index contributed by atoms with van der Waals surface area (Å²) in [5.41, 5.74) is -0.858. The molecule has 0 fully saturated rings. The van der Waals surface area contributed by atoms with Crippen molar-refractivity contribution in [3.63, 3.8) is 0 Å². The first-order valence-corrected chi connectivity index (χ1v) is 5.82. The largest absolute Gasteiger partial charge is 0.478 e. The molecular weight excluding hydrogens is 292 g/mol. The average molecular weight is 300 g/mol. The molecule has 0 aliphatic rings. The van der Waals surface area contributed by atoms with Gasteiger partial charge in [-0.1, -0.05) is 17.7 Å². The van der Waals surface area contributed by atoms with E-state index in [0.717, 1.165) is 6.07 Å². The van der Waals surface area contributed by atoms with Crippen molar-refractivity contribution < 1.29 is 18.7 Å². The van der Waals surface area contributed by atoms with Crippen molar-refractivity contribution >= 4 is 17.6 Å². The first-order chi connectivity index (χ1) is 9.40. The summed E-state index contributed by atoms with van der Waals surface area (Å²) in [5.74, 6) is -1.18. The summed E-state index contributed by atoms with van der Waals surface area (Å²) in [6.45, 7) is 0. The van der Waals surface area contributed by atoms with Crippen LogP contribution in [0.25, 0.3) is 11.1 Å². The topological polar surface area (TPSA) is 70.2 Å². The minimum absolute atomic E-state index is 0.0141. The Labute approximate surface area is 116 Å². The lowest BCUT2D eigenvalue weighted by atomic mass is 10.0. The molecule has 1 heterocycles. The molecule has 20 heavy (non-hydrogen) atoms. The molecule has 0 aliphatic heterocycles. The molecule has 0 amide bonds. The van der Waals surface area contributed by atoms with E-state index >= 15 is 0 Å². The van der Waals surface area contributed by atoms with Crippen LogP contribution in [0.1, 0.15) is 22.3 Å². The van der Waals surface area contributed by atoms with Crippen molar-refractivity contribution in [2.75, 3.05) is 0 Å². The molecule has 7 heteroatoms. The van der Waals surface area contributed by atoms with E-state index in [-0.39, 0.29) is 10.6 Å². The third-order valence-electron chi connectivity index (χ3n) is 2.70. The second-order valence-electron chi connectivity index (χ2n) is 3.97. The fourth-order valence-electron chi connectivity index (χ4n) is 1.70. The van der Waals surface area contributed by atoms with Crippen LogP contribution in [0.5, 0.6) is 0 Å². The normalized spacial score (nSPS) is 10.8. The number of carbonyl (C=O) groups is 1. The van der Waals surface area contributed by atoms with Crippen LogP contribution < -0.4 is 5.56 Å². The zero-order valence-electron chi connectivity index (χ0n) is 9.86. The summed E-state index contributed by atoms with van der Waals surface area (Å²) < 4.78 is 25.3. The van der Waals surface area contributed by atoms with E-state index in [1.165, 1.54) is 24.4 Å². The van der Waals surface area contributed by atoms with Gasteiger partial charge < -0.3 is 10.1 Å². The van der Waals surface area contributed by atoms with Gasteiger partial charge in [0.25, 0.3) is 12.0 Å². The molecule has 1 aromatic heterocycles. The summed E-state index contributed by atoms with van der Waals surface area (Å²) in [7, 11) is 0. The van der Waals surface area contributed by atoms with Crippen LogP contribution in [0.3, 0.4) is 0 Å². The number of hydrogen-bond acceptors (Lipinski definition) is 2. The molecule has 0 bridgehead atoms. The van der Waals surface area contributed by atoms with Gasteiger partial charge in [-0.25, -0.2) is 13.6 Å². The molecule has 2 aromatic rings. The average Bonchev–Trinajstić information content (AvgIpc) is 2.38. The van der Waals surface area contributed by atoms with E-state index in [9.17, 15) is 18.4 Å². The zero-order valence-corrected chi connectivity index (χ0v) is 10.6. The Hall–Kier alpha value is -2.21. The van der Waals surface area contributed by atoms with Crippen LogP contribution >= 0.6 is 11.6 Å². The number of nitrogens with one attached hydrogen (secondary N) is 1. The number of carboxylic acid groups (broad SMARTS) is 1. The fourth-order valence-corrected chi connectivity index (χ4v) is 1.96. The highest BCUT2D eigenvalue weighted by Crippen LogP contribution is 2.27. The summed E-state index contributed by atoms with van der Waals surface area (Å²) in [6.07, 6.45) is -1.63. The van der Waals surface area contributed by atoms with Crippen molar-refractivity contribution in [1.82, 2.24) is 4.98 Å². The summed E-state index contributed by atoms with van der Waals surface area (Å²) in [5, 5.41) is 8.84. The predicted octanol–water partition coefficient (Wildman–Crippen LogP) is 3.33. The van der Waals surface area contributed by atoms with Crippen LogP contribution in [0.4, 0.5) is 8.78 Å². The minimum Gasteiger partial charge on any atom is -0.478 e. The lowest BCUT2D eigenvalue weighted by Crippen LogP contribution is -2.12. The number of pyridine rings is 1. The van der Waals surface area contributed by atoms with E-state index in [0.29, 0.717) is 11.1 Å². The number of halogens is 3. The van der Waals surface area contributed by atoms with Crippen molar-refractivity contribution in [3.8, 4) is 11.1 Å². The monoisotopic (exact) mass is 299 g/mol. The van der Waals surface area contributed by atoms with E-state index in [4.69, 9.17) is 16.7 Å². The second-order valence-corrected chi connectivity index (χ2v) is 4.38. The third kappa shape index (κ3) is 2.70. The Morgan fingerprint density at radius 1 is 1.25 bits per heavy atom. The number of aromatic amines is 1. The first-order valence-electron chi connectivity index (χ1n) is 5.44. The Balaban J connectivity index is 2.52. The molecule has 0 spiro atoms. The van der Waals surface area contributed by atoms with Crippen molar-refractivity contribution in [2.24, 2.45) is 0 Å². The molecule has 2 rings (SSSR count). The highest BCUT2D eigenvalue weighted by atomic mass is 35.5. The van der Waals surface area contributed by atoms with Crippen LogP contribution in [-0.2, 0) is 0 Å². The molecule has 0 unspecified atom stereocenters. The zero-order chi connectivity index (χ0) is 14.9. The third-order valence-corrected chi connectivity index (χ3v) is 3.01. The highest BCUT2D eigenvalue weighted by molar-refractivity contribution is 6.33. The van der Waals surface area contributed by atoms with Gasteiger partial charge in [0.15, 0.2) is 0 Å². The number of hydrogen-bond donors (Lipinski definition) is 2. The van der Waals surface area contributed by atoms with Gasteiger partial charge in [0.2, 0.25) is 0 Å². The van der Waals surface area contributed by atoms with Gasteiger partial charge in [0.1, 0.15) is 0 Å². The van der Waals surface area contributed by atoms with E-state index in [1.807, 2.05) is 0 Å². The van der Waals surface area contributed by atoms with Gasteiger partial charge in [-0.2, -0.15) is 0 Å². The second kappa shape index (κ2) is 5.42. The fraction of sp³-hybridized carbons (Fsp3) is 0.0769. The Morgan fingerprint density at radius 3 is 2.50 bits per heavy atom. The van der Waals surface area contributed by atoms with Crippen LogP contribution in [0.15, 0.2) is 35.3 Å². The van der Waals surface area contributed by atoms with Gasteiger partial charge in [-0.05, 0) is 29.3 Å². The van der Waals surface area contributed by atoms with Gasteiger partial charge in [-0.15, -0.1) is 0 Å². The number of aromatic nitrogens is 1. The van der Waals surface area contributed by atoms with E-state index < -0.39 is 23.5 Å². The minimum atomic E-state index is -2.90. The molecule has 4 nitrogen and oxygen atoms in total. The van der Waals surface area contributed by atoms with Crippen molar-refractivity contribution in [2.45, 2.75) is 6.43 Å². The lowest BCUT2D eigenvalue weighted by Gasteiger charge is -2.06. The maximum atomic E-state index is 12.6. The van der Waals surface area contributed by atoms with Gasteiger partial charge >= 0.3 is 5.97 Å². The maximum absolute atomic E-state index is 12.6. The lowest BCUT2D eigenvalue weighted by molar-refractivity contribution is 0.0697. The molecule has 0 radical (unpaired) electrons. The molecule has 0 aliphatic carbocycles. The number of carboxylic acids is 1. The number of H-pyrrole nitrogens is 1. The van der Waals surface area contributed by atoms with Gasteiger partial charge in [0.05, 0.1) is 16.1 Å². The Bertz CT molecular complexity index is 728. The highest BCUT2D eigenvalue weighted by Gasteiger charge is 2.14. The van der Waals surface area contributed by atoms with Gasteiger partial charge in [-0.3, -0.25) is 4.79 Å². The maximum Gasteiger partial charge on any atom is 0.337 e. The molecule has 104 valence electrons. The molecule has 1 aromatic carbocycles.